The van der Waals surface area contributed by atoms with Gasteiger partial charge in [0.05, 0.1) is 6.54 Å². The van der Waals surface area contributed by atoms with Crippen molar-refractivity contribution in [2.75, 3.05) is 5.32 Å². The fourth-order valence-electron chi connectivity index (χ4n) is 2.14. The summed E-state index contributed by atoms with van der Waals surface area (Å²) in [4.78, 5) is 0. The number of hydrogen-bond donors (Lipinski definition) is 2. The number of benzene rings is 1. The van der Waals surface area contributed by atoms with Gasteiger partial charge in [0.15, 0.2) is 0 Å². The Morgan fingerprint density at radius 3 is 2.90 bits per heavy atom. The molecule has 3 rings (SSSR count). The third-order valence-corrected chi connectivity index (χ3v) is 3.36. The minimum atomic E-state index is 0.459. The Balaban J connectivity index is 1.64. The van der Waals surface area contributed by atoms with Gasteiger partial charge in [-0.3, -0.25) is 0 Å². The van der Waals surface area contributed by atoms with Gasteiger partial charge in [-0.2, -0.15) is 0 Å². The number of hydrogen-bond acceptors (Lipinski definition) is 5. The minimum absolute atomic E-state index is 0.459. The number of aromatic nitrogens is 2. The van der Waals surface area contributed by atoms with Gasteiger partial charge in [-0.1, -0.05) is 36.6 Å². The van der Waals surface area contributed by atoms with Gasteiger partial charge in [0.1, 0.15) is 0 Å². The van der Waals surface area contributed by atoms with Crippen molar-refractivity contribution in [3.05, 3.63) is 35.7 Å². The fraction of sp³-hybridized carbons (Fsp3) is 0.467. The lowest BCUT2D eigenvalue weighted by Gasteiger charge is -2.07. The van der Waals surface area contributed by atoms with Crippen molar-refractivity contribution in [2.24, 2.45) is 0 Å². The Morgan fingerprint density at radius 2 is 2.10 bits per heavy atom. The molecule has 1 fully saturated rings. The van der Waals surface area contributed by atoms with Crippen LogP contribution in [0.2, 0.25) is 0 Å². The third kappa shape index (κ3) is 3.36. The maximum absolute atomic E-state index is 5.60. The van der Waals surface area contributed by atoms with Crippen molar-refractivity contribution in [1.82, 2.24) is 15.5 Å². The van der Waals surface area contributed by atoms with Crippen molar-refractivity contribution in [2.45, 2.75) is 45.2 Å². The molecule has 0 saturated heterocycles. The van der Waals surface area contributed by atoms with Crippen molar-refractivity contribution < 1.29 is 4.42 Å². The molecule has 1 aromatic heterocycles. The summed E-state index contributed by atoms with van der Waals surface area (Å²) in [6, 6.07) is 9.32. The Morgan fingerprint density at radius 1 is 1.25 bits per heavy atom. The normalized spacial score (nSPS) is 14.4. The van der Waals surface area contributed by atoms with E-state index in [-0.39, 0.29) is 0 Å². The van der Waals surface area contributed by atoms with Crippen molar-refractivity contribution in [1.29, 1.82) is 0 Å². The van der Waals surface area contributed by atoms with Crippen LogP contribution in [0.25, 0.3) is 0 Å². The van der Waals surface area contributed by atoms with E-state index in [0.717, 1.165) is 18.5 Å². The van der Waals surface area contributed by atoms with Crippen LogP contribution in [-0.2, 0) is 13.0 Å². The van der Waals surface area contributed by atoms with E-state index >= 15 is 0 Å². The first-order chi connectivity index (χ1) is 9.85. The van der Waals surface area contributed by atoms with E-state index in [0.29, 0.717) is 24.5 Å². The zero-order valence-electron chi connectivity index (χ0n) is 11.7. The number of aryl methyl sites for hydroxylation is 1. The quantitative estimate of drug-likeness (QED) is 0.811. The topological polar surface area (TPSA) is 63.0 Å². The van der Waals surface area contributed by atoms with E-state index in [9.17, 15) is 0 Å². The van der Waals surface area contributed by atoms with E-state index in [4.69, 9.17) is 4.42 Å². The monoisotopic (exact) mass is 272 g/mol. The molecular formula is C15H20N4O. The SMILES string of the molecule is CCCc1ccccc1Nc1nnc(CNC2CC2)o1. The molecule has 5 heteroatoms. The van der Waals surface area contributed by atoms with Gasteiger partial charge in [-0.25, -0.2) is 0 Å². The lowest BCUT2D eigenvalue weighted by Crippen LogP contribution is -2.15. The second-order valence-corrected chi connectivity index (χ2v) is 5.19. The van der Waals surface area contributed by atoms with Crippen molar-refractivity contribution >= 4 is 11.7 Å². The third-order valence-electron chi connectivity index (χ3n) is 3.36. The Hall–Kier alpha value is -1.88. The summed E-state index contributed by atoms with van der Waals surface area (Å²) in [6.07, 6.45) is 4.65. The van der Waals surface area contributed by atoms with Gasteiger partial charge in [0.2, 0.25) is 5.89 Å². The molecule has 1 saturated carbocycles. The molecule has 1 aliphatic rings. The molecule has 1 heterocycles. The van der Waals surface area contributed by atoms with E-state index in [2.05, 4.69) is 39.9 Å². The van der Waals surface area contributed by atoms with Gasteiger partial charge in [0.25, 0.3) is 0 Å². The summed E-state index contributed by atoms with van der Waals surface area (Å²) >= 11 is 0. The van der Waals surface area contributed by atoms with E-state index in [1.165, 1.54) is 18.4 Å². The molecule has 0 spiro atoms. The molecule has 0 aliphatic heterocycles. The maximum atomic E-state index is 5.60. The molecule has 1 aliphatic carbocycles. The maximum Gasteiger partial charge on any atom is 0.320 e. The van der Waals surface area contributed by atoms with Crippen LogP contribution >= 0.6 is 0 Å². The van der Waals surface area contributed by atoms with Crippen molar-refractivity contribution in [3.8, 4) is 0 Å². The molecule has 0 radical (unpaired) electrons. The first-order valence-electron chi connectivity index (χ1n) is 7.26. The zero-order valence-corrected chi connectivity index (χ0v) is 11.7. The van der Waals surface area contributed by atoms with E-state index < -0.39 is 0 Å². The molecule has 1 aromatic carbocycles. The van der Waals surface area contributed by atoms with Crippen molar-refractivity contribution in [3.63, 3.8) is 0 Å². The Kier molecular flexibility index (Phi) is 3.97. The average molecular weight is 272 g/mol. The molecule has 20 heavy (non-hydrogen) atoms. The zero-order chi connectivity index (χ0) is 13.8. The van der Waals surface area contributed by atoms with Crippen LogP contribution < -0.4 is 10.6 Å². The Labute approximate surface area is 118 Å². The number of nitrogens with zero attached hydrogens (tertiary/aromatic N) is 2. The summed E-state index contributed by atoms with van der Waals surface area (Å²) in [6.45, 7) is 2.82. The molecule has 2 N–H and O–H groups in total. The number of rotatable bonds is 7. The van der Waals surface area contributed by atoms with Crippen LogP contribution in [0.3, 0.4) is 0 Å². The first kappa shape index (κ1) is 13.1. The van der Waals surface area contributed by atoms with Gasteiger partial charge in [-0.05, 0) is 30.9 Å². The fourth-order valence-corrected chi connectivity index (χ4v) is 2.14. The highest BCUT2D eigenvalue weighted by molar-refractivity contribution is 5.57. The summed E-state index contributed by atoms with van der Waals surface area (Å²) in [5.41, 5.74) is 2.31. The Bertz CT molecular complexity index is 563. The summed E-state index contributed by atoms with van der Waals surface area (Å²) in [7, 11) is 0. The lowest BCUT2D eigenvalue weighted by atomic mass is 10.1. The summed E-state index contributed by atoms with van der Waals surface area (Å²) in [5, 5.41) is 14.7. The highest BCUT2D eigenvalue weighted by Crippen LogP contribution is 2.22. The molecule has 106 valence electrons. The second-order valence-electron chi connectivity index (χ2n) is 5.19. The molecule has 2 aromatic rings. The van der Waals surface area contributed by atoms with Gasteiger partial charge >= 0.3 is 6.01 Å². The molecule has 0 bridgehead atoms. The first-order valence-corrected chi connectivity index (χ1v) is 7.26. The van der Waals surface area contributed by atoms with Gasteiger partial charge < -0.3 is 15.1 Å². The minimum Gasteiger partial charge on any atom is -0.406 e. The molecular weight excluding hydrogens is 252 g/mol. The molecule has 0 unspecified atom stereocenters. The standard InChI is InChI=1S/C15H20N4O/c1-2-5-11-6-3-4-7-13(11)17-15-19-18-14(20-15)10-16-12-8-9-12/h3-4,6-7,12,16H,2,5,8-10H2,1H3,(H,17,19). The van der Waals surface area contributed by atoms with Crippen LogP contribution in [0, 0.1) is 0 Å². The van der Waals surface area contributed by atoms with E-state index in [1.807, 2.05) is 12.1 Å². The highest BCUT2D eigenvalue weighted by atomic mass is 16.4. The molecule has 0 atom stereocenters. The number of nitrogens with one attached hydrogen (secondary N) is 2. The predicted molar refractivity (Wildman–Crippen MR) is 77.9 cm³/mol. The average Bonchev–Trinajstić information content (AvgIpc) is 3.19. The highest BCUT2D eigenvalue weighted by Gasteiger charge is 2.21. The van der Waals surface area contributed by atoms with Crippen LogP contribution in [-0.4, -0.2) is 16.2 Å². The second kappa shape index (κ2) is 6.05. The van der Waals surface area contributed by atoms with Gasteiger partial charge in [0, 0.05) is 11.7 Å². The van der Waals surface area contributed by atoms with Crippen LogP contribution in [0.4, 0.5) is 11.7 Å². The number of anilines is 2. The smallest absolute Gasteiger partial charge is 0.320 e. The molecule has 5 nitrogen and oxygen atoms in total. The lowest BCUT2D eigenvalue weighted by molar-refractivity contribution is 0.478. The predicted octanol–water partition coefficient (Wildman–Crippen LogP) is 3.02. The number of para-hydroxylation sites is 1. The van der Waals surface area contributed by atoms with Crippen LogP contribution in [0.5, 0.6) is 0 Å². The van der Waals surface area contributed by atoms with Crippen LogP contribution in [0.1, 0.15) is 37.6 Å². The largest absolute Gasteiger partial charge is 0.406 e. The van der Waals surface area contributed by atoms with E-state index in [1.54, 1.807) is 0 Å². The summed E-state index contributed by atoms with van der Waals surface area (Å²) in [5.74, 6) is 0.632. The molecule has 0 amide bonds. The van der Waals surface area contributed by atoms with Gasteiger partial charge in [-0.15, -0.1) is 5.10 Å². The van der Waals surface area contributed by atoms with Crippen LogP contribution in [0.15, 0.2) is 28.7 Å². The summed E-state index contributed by atoms with van der Waals surface area (Å²) < 4.78 is 5.60.